The maximum Gasteiger partial charge on any atom is 1.00 e. The van der Waals surface area contributed by atoms with Crippen molar-refractivity contribution >= 4 is 10.4 Å². The normalized spacial score (nSPS) is 5.80. The van der Waals surface area contributed by atoms with Crippen molar-refractivity contribution < 1.29 is 113 Å². The molecule has 0 rings (SSSR count). The van der Waals surface area contributed by atoms with Crippen LogP contribution in [0.5, 0.6) is 0 Å². The molecule has 0 aromatic heterocycles. The first-order valence-corrected chi connectivity index (χ1v) is 2.10. The summed E-state index contributed by atoms with van der Waals surface area (Å²) in [6.07, 6.45) is 0. The van der Waals surface area contributed by atoms with Crippen molar-refractivity contribution in [3.63, 3.8) is 0 Å². The van der Waals surface area contributed by atoms with Crippen molar-refractivity contribution in [2.45, 2.75) is 0 Å². The van der Waals surface area contributed by atoms with Gasteiger partial charge < -0.3 is 17.9 Å². The van der Waals surface area contributed by atoms with Gasteiger partial charge in [-0.15, -0.1) is 0 Å². The van der Waals surface area contributed by atoms with Gasteiger partial charge in [0, 0.05) is 26.2 Å². The molecule has 0 heterocycles. The molecule has 7 nitrogen and oxygen atoms in total. The van der Waals surface area contributed by atoms with Gasteiger partial charge in [0.25, 0.3) is 0 Å². The summed E-state index contributed by atoms with van der Waals surface area (Å²) in [6.45, 7) is 0. The van der Waals surface area contributed by atoms with Gasteiger partial charge in [0.15, 0.2) is 0 Å². The molecular formula is H9KO7SZr. The fraction of sp³-hybridized carbons (Fsp3) is 0. The van der Waals surface area contributed by atoms with Gasteiger partial charge in [-0.05, 0) is 0 Å². The average molecular weight is 283 g/mol. The summed E-state index contributed by atoms with van der Waals surface area (Å²) in [7, 11) is -4.67. The van der Waals surface area contributed by atoms with E-state index in [4.69, 9.17) is 17.5 Å². The van der Waals surface area contributed by atoms with E-state index in [-0.39, 0.29) is 95.4 Å². The van der Waals surface area contributed by atoms with Crippen LogP contribution < -0.4 is 51.4 Å². The molecule has 0 spiro atoms. The molecule has 62 valence electrons. The summed E-state index contributed by atoms with van der Waals surface area (Å²) in [4.78, 5) is 0. The van der Waals surface area contributed by atoms with Crippen molar-refractivity contribution in [2.24, 2.45) is 0 Å². The Kier molecular flexibility index (Phi) is 68.9. The summed E-state index contributed by atoms with van der Waals surface area (Å²) in [5, 5.41) is 0. The van der Waals surface area contributed by atoms with E-state index in [2.05, 4.69) is 0 Å². The molecule has 0 radical (unpaired) electrons. The molecule has 10 heavy (non-hydrogen) atoms. The number of rotatable bonds is 0. The van der Waals surface area contributed by atoms with Gasteiger partial charge in [-0.1, -0.05) is 0 Å². The standard InChI is InChI=1S/K.H2O4S.3H2O.Zr.H/c;1-5(2,3)4;;;;;/h;(H2,1,2,3,4);3*1H2;;/q+1;;;;;;-1. The Morgan fingerprint density at radius 3 is 1.00 bits per heavy atom. The summed E-state index contributed by atoms with van der Waals surface area (Å²) in [5.74, 6) is 0. The third-order valence-electron chi connectivity index (χ3n) is 0. The first-order valence-electron chi connectivity index (χ1n) is 0.698. The predicted octanol–water partition coefficient (Wildman–Crippen LogP) is -6.01. The Morgan fingerprint density at radius 1 is 1.00 bits per heavy atom. The quantitative estimate of drug-likeness (QED) is 0.333. The summed E-state index contributed by atoms with van der Waals surface area (Å²) < 4.78 is 31.6. The average Bonchev–Trinajstić information content (AvgIpc) is 0.722. The summed E-state index contributed by atoms with van der Waals surface area (Å²) in [6, 6.07) is 0. The van der Waals surface area contributed by atoms with E-state index in [1.807, 2.05) is 0 Å². The molecule has 0 bridgehead atoms. The first-order chi connectivity index (χ1) is 2.00. The van der Waals surface area contributed by atoms with Crippen LogP contribution in [0.3, 0.4) is 0 Å². The second-order valence-corrected chi connectivity index (χ2v) is 1.34. The Bertz CT molecular complexity index is 102. The van der Waals surface area contributed by atoms with E-state index in [1.54, 1.807) is 0 Å². The fourth-order valence-electron chi connectivity index (χ4n) is 0. The van der Waals surface area contributed by atoms with Crippen LogP contribution in [-0.4, -0.2) is 34.0 Å². The van der Waals surface area contributed by atoms with Crippen molar-refractivity contribution in [2.75, 3.05) is 0 Å². The molecule has 0 saturated carbocycles. The maximum absolute atomic E-state index is 8.74. The van der Waals surface area contributed by atoms with Crippen molar-refractivity contribution in [3.8, 4) is 0 Å². The molecule has 0 aromatic carbocycles. The third-order valence-corrected chi connectivity index (χ3v) is 0. The van der Waals surface area contributed by atoms with Crippen LogP contribution in [0.1, 0.15) is 1.43 Å². The zero-order chi connectivity index (χ0) is 4.50. The van der Waals surface area contributed by atoms with Gasteiger partial charge in [-0.25, -0.2) is 0 Å². The first kappa shape index (κ1) is 39.6. The second kappa shape index (κ2) is 17.4. The molecular weight excluding hydrogens is 274 g/mol. The van der Waals surface area contributed by atoms with Gasteiger partial charge in [0.05, 0.1) is 0 Å². The van der Waals surface area contributed by atoms with Crippen LogP contribution in [0.15, 0.2) is 0 Å². The Labute approximate surface area is 121 Å². The molecule has 0 aliphatic rings. The predicted molar refractivity (Wildman–Crippen MR) is 26.1 cm³/mol. The minimum absolute atomic E-state index is 0. The van der Waals surface area contributed by atoms with Crippen LogP contribution in [0, 0.1) is 0 Å². The molecule has 0 saturated heterocycles. The smallest absolute Gasteiger partial charge is 1.00 e. The maximum atomic E-state index is 8.74. The molecule has 0 aliphatic carbocycles. The van der Waals surface area contributed by atoms with Gasteiger partial charge in [0.1, 0.15) is 0 Å². The SMILES string of the molecule is O.O.O.O=S(=O)(O)O.[H-].[K+].[Zr]. The van der Waals surface area contributed by atoms with Crippen LogP contribution in [0.2, 0.25) is 0 Å². The molecule has 8 N–H and O–H groups in total. The van der Waals surface area contributed by atoms with Gasteiger partial charge >= 0.3 is 61.8 Å². The van der Waals surface area contributed by atoms with Crippen LogP contribution >= 0.6 is 0 Å². The van der Waals surface area contributed by atoms with Gasteiger partial charge in [-0.2, -0.15) is 8.42 Å². The minimum Gasteiger partial charge on any atom is -1.00 e. The Balaban J connectivity index is -0.00000000533. The molecule has 0 aliphatic heterocycles. The van der Waals surface area contributed by atoms with E-state index in [9.17, 15) is 0 Å². The van der Waals surface area contributed by atoms with Crippen LogP contribution in [0.25, 0.3) is 0 Å². The van der Waals surface area contributed by atoms with Crippen molar-refractivity contribution in [1.82, 2.24) is 0 Å². The Hall–Kier alpha value is 2.27. The zero-order valence-electron chi connectivity index (χ0n) is 6.12. The molecule has 0 atom stereocenters. The van der Waals surface area contributed by atoms with Crippen molar-refractivity contribution in [3.05, 3.63) is 0 Å². The molecule has 0 aromatic rings. The minimum atomic E-state index is -4.67. The number of hydrogen-bond donors (Lipinski definition) is 2. The summed E-state index contributed by atoms with van der Waals surface area (Å²) in [5.41, 5.74) is 0. The van der Waals surface area contributed by atoms with Gasteiger partial charge in [-0.3, -0.25) is 9.11 Å². The van der Waals surface area contributed by atoms with E-state index >= 15 is 0 Å². The molecule has 0 fully saturated rings. The van der Waals surface area contributed by atoms with Crippen LogP contribution in [0.4, 0.5) is 0 Å². The van der Waals surface area contributed by atoms with E-state index in [1.165, 1.54) is 0 Å². The molecule has 0 unspecified atom stereocenters. The van der Waals surface area contributed by atoms with Crippen molar-refractivity contribution in [1.29, 1.82) is 0 Å². The largest absolute Gasteiger partial charge is 1.00 e. The van der Waals surface area contributed by atoms with E-state index < -0.39 is 10.4 Å². The van der Waals surface area contributed by atoms with E-state index in [0.717, 1.165) is 0 Å². The van der Waals surface area contributed by atoms with Crippen LogP contribution in [-0.2, 0) is 36.6 Å². The molecule has 0 amide bonds. The second-order valence-electron chi connectivity index (χ2n) is 0.448. The van der Waals surface area contributed by atoms with E-state index in [0.29, 0.717) is 0 Å². The van der Waals surface area contributed by atoms with Gasteiger partial charge in [0.2, 0.25) is 0 Å². The summed E-state index contributed by atoms with van der Waals surface area (Å²) >= 11 is 0. The number of hydrogen-bond acceptors (Lipinski definition) is 2. The topological polar surface area (TPSA) is 169 Å². The zero-order valence-corrected chi connectivity index (χ0v) is 11.5. The molecule has 10 heteroatoms. The third kappa shape index (κ3) is 171. The Morgan fingerprint density at radius 2 is 1.00 bits per heavy atom. The monoisotopic (exact) mass is 282 g/mol. The fourth-order valence-corrected chi connectivity index (χ4v) is 0.